The average molecular weight is 342 g/mol. The van der Waals surface area contributed by atoms with Gasteiger partial charge in [0.05, 0.1) is 11.3 Å². The van der Waals surface area contributed by atoms with Crippen LogP contribution in [-0.4, -0.2) is 18.5 Å². The molecule has 2 heterocycles. The molecule has 2 atom stereocenters. The van der Waals surface area contributed by atoms with E-state index >= 15 is 0 Å². The van der Waals surface area contributed by atoms with Gasteiger partial charge in [0.1, 0.15) is 5.75 Å². The molecule has 2 unspecified atom stereocenters. The van der Waals surface area contributed by atoms with Gasteiger partial charge in [-0.2, -0.15) is 0 Å². The van der Waals surface area contributed by atoms with Crippen molar-refractivity contribution in [1.82, 2.24) is 10.4 Å². The number of carbonyl (C=O) groups excluding carboxylic acids is 1. The molecule has 6 heteroatoms. The maximum Gasteiger partial charge on any atom is 0.348 e. The fourth-order valence-electron chi connectivity index (χ4n) is 3.28. The van der Waals surface area contributed by atoms with Gasteiger partial charge in [-0.15, -0.1) is 0 Å². The Morgan fingerprint density at radius 3 is 2.67 bits per heavy atom. The van der Waals surface area contributed by atoms with Crippen molar-refractivity contribution in [2.24, 2.45) is 0 Å². The fraction of sp³-hybridized carbons (Fsp3) is 0.278. The number of hydrogen-bond acceptors (Lipinski definition) is 3. The zero-order valence-electron chi connectivity index (χ0n) is 13.2. The summed E-state index contributed by atoms with van der Waals surface area (Å²) in [4.78, 5) is 12.2. The van der Waals surface area contributed by atoms with Gasteiger partial charge in [-0.3, -0.25) is 9.36 Å². The quantitative estimate of drug-likeness (QED) is 0.824. The summed E-state index contributed by atoms with van der Waals surface area (Å²) in [6.07, 6.45) is 2.51. The van der Waals surface area contributed by atoms with E-state index in [4.69, 9.17) is 4.52 Å². The molecule has 2 aliphatic heterocycles. The highest BCUT2D eigenvalue weighted by molar-refractivity contribution is 7.65. The second-order valence-electron chi connectivity index (χ2n) is 6.12. The number of fused-ring (bicyclic) bond motifs is 3. The minimum Gasteiger partial charge on any atom is -0.429 e. The van der Waals surface area contributed by atoms with E-state index in [-0.39, 0.29) is 5.91 Å². The smallest absolute Gasteiger partial charge is 0.348 e. The maximum absolute atomic E-state index is 13.6. The summed E-state index contributed by atoms with van der Waals surface area (Å²) in [5.74, 6) is 0.476. The first-order valence-corrected chi connectivity index (χ1v) is 9.84. The van der Waals surface area contributed by atoms with E-state index in [1.807, 2.05) is 48.5 Å². The van der Waals surface area contributed by atoms with Gasteiger partial charge in [0.2, 0.25) is 5.91 Å². The molecular formula is C18H19N2O3P. The summed E-state index contributed by atoms with van der Waals surface area (Å²) in [6.45, 7) is 0.668. The van der Waals surface area contributed by atoms with Crippen molar-refractivity contribution in [3.05, 3.63) is 48.5 Å². The van der Waals surface area contributed by atoms with Crippen LogP contribution in [0.4, 0.5) is 0 Å². The van der Waals surface area contributed by atoms with Crippen LogP contribution in [0.5, 0.6) is 5.75 Å². The van der Waals surface area contributed by atoms with Crippen molar-refractivity contribution in [1.29, 1.82) is 0 Å². The Kier molecular flexibility index (Phi) is 3.91. The molecule has 5 nitrogen and oxygen atoms in total. The van der Waals surface area contributed by atoms with Gasteiger partial charge < -0.3 is 9.84 Å². The molecule has 2 aliphatic rings. The summed E-state index contributed by atoms with van der Waals surface area (Å²) < 4.78 is 19.5. The summed E-state index contributed by atoms with van der Waals surface area (Å²) in [6, 6.07) is 14.6. The Labute approximate surface area is 140 Å². The molecule has 4 rings (SSSR count). The lowest BCUT2D eigenvalue weighted by molar-refractivity contribution is -0.122. The standard InChI is InChI=1S/C18H19N2O3P/c21-18-15(9-5-6-12-19-18)20-24(22)17-11-4-2-8-14(17)13-7-1-3-10-16(13)23-24/h1-4,7-8,10-11,15H,5-6,9,12H2,(H,19,21)(H,20,22). The predicted molar refractivity (Wildman–Crippen MR) is 93.5 cm³/mol. The summed E-state index contributed by atoms with van der Waals surface area (Å²) in [5.41, 5.74) is 1.82. The van der Waals surface area contributed by atoms with Crippen LogP contribution in [0.3, 0.4) is 0 Å². The van der Waals surface area contributed by atoms with Crippen molar-refractivity contribution in [3.8, 4) is 16.9 Å². The van der Waals surface area contributed by atoms with Gasteiger partial charge in [0.25, 0.3) is 0 Å². The molecular weight excluding hydrogens is 323 g/mol. The Bertz CT molecular complexity index is 837. The van der Waals surface area contributed by atoms with E-state index < -0.39 is 13.6 Å². The van der Waals surface area contributed by atoms with Crippen LogP contribution >= 0.6 is 7.52 Å². The lowest BCUT2D eigenvalue weighted by Gasteiger charge is -2.31. The summed E-state index contributed by atoms with van der Waals surface area (Å²) in [5, 5.41) is 6.53. The van der Waals surface area contributed by atoms with Crippen LogP contribution < -0.4 is 20.2 Å². The van der Waals surface area contributed by atoms with Gasteiger partial charge in [-0.1, -0.05) is 36.4 Å². The van der Waals surface area contributed by atoms with E-state index in [1.165, 1.54) is 0 Å². The van der Waals surface area contributed by atoms with Crippen molar-refractivity contribution in [3.63, 3.8) is 0 Å². The Morgan fingerprint density at radius 2 is 1.79 bits per heavy atom. The maximum atomic E-state index is 13.6. The SMILES string of the molecule is O=C1NCCCCC1NP1(=O)Oc2ccccc2-c2ccccc21. The van der Waals surface area contributed by atoms with Gasteiger partial charge in [0.15, 0.2) is 0 Å². The first-order valence-electron chi connectivity index (χ1n) is 8.21. The molecule has 24 heavy (non-hydrogen) atoms. The predicted octanol–water partition coefficient (Wildman–Crippen LogP) is 2.82. The van der Waals surface area contributed by atoms with Crippen molar-refractivity contribution < 1.29 is 13.9 Å². The van der Waals surface area contributed by atoms with Crippen molar-refractivity contribution >= 4 is 18.7 Å². The van der Waals surface area contributed by atoms with Gasteiger partial charge in [-0.05, 0) is 31.4 Å². The highest BCUT2D eigenvalue weighted by atomic mass is 31.2. The van der Waals surface area contributed by atoms with Crippen LogP contribution in [-0.2, 0) is 9.36 Å². The van der Waals surface area contributed by atoms with Gasteiger partial charge >= 0.3 is 7.52 Å². The van der Waals surface area contributed by atoms with Crippen molar-refractivity contribution in [2.45, 2.75) is 25.3 Å². The first-order chi connectivity index (χ1) is 11.7. The van der Waals surface area contributed by atoms with E-state index in [0.717, 1.165) is 24.0 Å². The number of rotatable bonds is 2. The molecule has 0 aliphatic carbocycles. The number of benzene rings is 2. The molecule has 1 amide bonds. The van der Waals surface area contributed by atoms with E-state index in [2.05, 4.69) is 10.4 Å². The average Bonchev–Trinajstić information content (AvgIpc) is 2.80. The highest BCUT2D eigenvalue weighted by Crippen LogP contribution is 2.52. The van der Waals surface area contributed by atoms with E-state index in [1.54, 1.807) is 0 Å². The zero-order chi connectivity index (χ0) is 16.6. The topological polar surface area (TPSA) is 67.4 Å². The summed E-state index contributed by atoms with van der Waals surface area (Å²) >= 11 is 0. The second kappa shape index (κ2) is 6.08. The number of para-hydroxylation sites is 1. The van der Waals surface area contributed by atoms with Crippen LogP contribution in [0.1, 0.15) is 19.3 Å². The highest BCUT2D eigenvalue weighted by Gasteiger charge is 2.39. The third-order valence-corrected chi connectivity index (χ3v) is 6.62. The van der Waals surface area contributed by atoms with Crippen molar-refractivity contribution in [2.75, 3.05) is 6.54 Å². The lowest BCUT2D eigenvalue weighted by Crippen LogP contribution is -2.44. The van der Waals surface area contributed by atoms with Crippen LogP contribution in [0.2, 0.25) is 0 Å². The van der Waals surface area contributed by atoms with Crippen LogP contribution in [0.15, 0.2) is 48.5 Å². The van der Waals surface area contributed by atoms with Gasteiger partial charge in [0, 0.05) is 17.7 Å². The molecule has 0 saturated carbocycles. The number of carbonyl (C=O) groups is 1. The third-order valence-electron chi connectivity index (χ3n) is 4.49. The molecule has 0 bridgehead atoms. The summed E-state index contributed by atoms with van der Waals surface area (Å²) in [7, 11) is -3.37. The van der Waals surface area contributed by atoms with E-state index in [9.17, 15) is 9.36 Å². The monoisotopic (exact) mass is 342 g/mol. The normalized spacial score (nSPS) is 25.7. The number of nitrogens with one attached hydrogen (secondary N) is 2. The molecule has 0 radical (unpaired) electrons. The Hall–Kier alpha value is -2.10. The van der Waals surface area contributed by atoms with E-state index in [0.29, 0.717) is 24.0 Å². The molecule has 1 saturated heterocycles. The number of amides is 1. The van der Waals surface area contributed by atoms with Gasteiger partial charge in [-0.25, -0.2) is 5.09 Å². The largest absolute Gasteiger partial charge is 0.429 e. The third kappa shape index (κ3) is 2.64. The Morgan fingerprint density at radius 1 is 1.04 bits per heavy atom. The van der Waals surface area contributed by atoms with Crippen LogP contribution in [0, 0.1) is 0 Å². The first kappa shape index (κ1) is 15.4. The molecule has 2 aromatic carbocycles. The molecule has 1 fully saturated rings. The minimum atomic E-state index is -3.37. The fourth-order valence-corrected chi connectivity index (χ4v) is 5.46. The molecule has 2 aromatic rings. The Balaban J connectivity index is 1.75. The molecule has 0 spiro atoms. The lowest BCUT2D eigenvalue weighted by atomic mass is 10.0. The molecule has 0 aromatic heterocycles. The molecule has 2 N–H and O–H groups in total. The second-order valence-corrected chi connectivity index (χ2v) is 8.15. The number of hydrogen-bond donors (Lipinski definition) is 2. The molecule has 124 valence electrons. The van der Waals surface area contributed by atoms with Crippen LogP contribution in [0.25, 0.3) is 11.1 Å². The zero-order valence-corrected chi connectivity index (χ0v) is 14.1. The minimum absolute atomic E-state index is 0.109.